The first-order valence-electron chi connectivity index (χ1n) is 11.8. The maximum absolute atomic E-state index is 12.8. The average molecular weight is 455 g/mol. The molecule has 2 amide bonds. The predicted octanol–water partition coefficient (Wildman–Crippen LogP) is 3.74. The second-order valence-corrected chi connectivity index (χ2v) is 10.5. The highest BCUT2D eigenvalue weighted by Gasteiger charge is 2.43. The minimum absolute atomic E-state index is 0.0853. The summed E-state index contributed by atoms with van der Waals surface area (Å²) in [5.41, 5.74) is 2.70. The lowest BCUT2D eigenvalue weighted by molar-refractivity contribution is 0.0948. The molecule has 2 aromatic rings. The molecule has 5 rings (SSSR count). The van der Waals surface area contributed by atoms with Crippen LogP contribution in [0.15, 0.2) is 24.3 Å². The summed E-state index contributed by atoms with van der Waals surface area (Å²) in [6.07, 6.45) is 5.83. The summed E-state index contributed by atoms with van der Waals surface area (Å²) >= 11 is 1.53. The van der Waals surface area contributed by atoms with Crippen molar-refractivity contribution in [3.8, 4) is 0 Å². The van der Waals surface area contributed by atoms with E-state index in [0.29, 0.717) is 6.04 Å². The van der Waals surface area contributed by atoms with Gasteiger partial charge < -0.3 is 14.7 Å². The molecular weight excluding hydrogens is 420 g/mol. The maximum Gasteiger partial charge on any atom is 0.323 e. The van der Waals surface area contributed by atoms with Gasteiger partial charge in [0, 0.05) is 62.4 Å². The van der Waals surface area contributed by atoms with E-state index in [-0.39, 0.29) is 11.4 Å². The second-order valence-electron chi connectivity index (χ2n) is 9.75. The number of carbonyl (C=O) groups excluding carboxylic acids is 1. The Morgan fingerprint density at radius 3 is 2.41 bits per heavy atom. The third kappa shape index (κ3) is 3.88. The van der Waals surface area contributed by atoms with Gasteiger partial charge >= 0.3 is 6.03 Å². The van der Waals surface area contributed by atoms with Crippen LogP contribution in [0.3, 0.4) is 0 Å². The maximum atomic E-state index is 12.8. The Bertz CT molecular complexity index is 959. The van der Waals surface area contributed by atoms with Crippen LogP contribution in [0, 0.1) is 6.92 Å². The minimum atomic E-state index is 0.0853. The number of para-hydroxylation sites is 1. The van der Waals surface area contributed by atoms with Crippen molar-refractivity contribution in [1.29, 1.82) is 0 Å². The van der Waals surface area contributed by atoms with Gasteiger partial charge in [-0.05, 0) is 63.7 Å². The zero-order chi connectivity index (χ0) is 22.3. The predicted molar refractivity (Wildman–Crippen MR) is 130 cm³/mol. The Labute approximate surface area is 195 Å². The monoisotopic (exact) mass is 454 g/mol. The number of aryl methyl sites for hydroxylation is 1. The summed E-state index contributed by atoms with van der Waals surface area (Å²) < 4.78 is 4.34. The van der Waals surface area contributed by atoms with Crippen LogP contribution in [-0.2, 0) is 5.41 Å². The van der Waals surface area contributed by atoms with Crippen molar-refractivity contribution in [3.63, 3.8) is 0 Å². The van der Waals surface area contributed by atoms with Crippen molar-refractivity contribution in [2.45, 2.75) is 50.5 Å². The summed E-state index contributed by atoms with van der Waals surface area (Å²) in [6.45, 7) is 7.23. The lowest BCUT2D eigenvalue weighted by Crippen LogP contribution is -2.53. The Hall–Kier alpha value is -2.19. The van der Waals surface area contributed by atoms with E-state index in [0.717, 1.165) is 55.8 Å². The summed E-state index contributed by atoms with van der Waals surface area (Å²) in [5.74, 6) is 0.882. The number of urea groups is 1. The van der Waals surface area contributed by atoms with Crippen molar-refractivity contribution in [2.24, 2.45) is 0 Å². The van der Waals surface area contributed by atoms with E-state index in [1.807, 2.05) is 25.9 Å². The largest absolute Gasteiger partial charge is 0.347 e. The molecule has 0 unspecified atom stereocenters. The highest BCUT2D eigenvalue weighted by molar-refractivity contribution is 7.09. The van der Waals surface area contributed by atoms with Crippen LogP contribution in [0.4, 0.5) is 15.6 Å². The molecule has 0 aliphatic carbocycles. The van der Waals surface area contributed by atoms with Crippen LogP contribution in [0.5, 0.6) is 0 Å². The first kappa shape index (κ1) is 21.6. The van der Waals surface area contributed by atoms with Crippen molar-refractivity contribution in [1.82, 2.24) is 19.2 Å². The minimum Gasteiger partial charge on any atom is -0.347 e. The molecule has 32 heavy (non-hydrogen) atoms. The zero-order valence-electron chi connectivity index (χ0n) is 19.5. The molecule has 0 bridgehead atoms. The zero-order valence-corrected chi connectivity index (χ0v) is 20.3. The van der Waals surface area contributed by atoms with Gasteiger partial charge in [0.05, 0.1) is 0 Å². The Morgan fingerprint density at radius 1 is 1.06 bits per heavy atom. The van der Waals surface area contributed by atoms with Gasteiger partial charge in [0.15, 0.2) is 0 Å². The smallest absolute Gasteiger partial charge is 0.323 e. The van der Waals surface area contributed by atoms with Crippen LogP contribution in [-0.4, -0.2) is 78.0 Å². The molecule has 0 N–H and O–H groups in total. The van der Waals surface area contributed by atoms with E-state index in [9.17, 15) is 4.79 Å². The molecule has 8 heteroatoms. The molecule has 0 atom stereocenters. The molecule has 3 aliphatic heterocycles. The summed E-state index contributed by atoms with van der Waals surface area (Å²) in [5, 5.41) is 1.08. The van der Waals surface area contributed by atoms with Crippen molar-refractivity contribution >= 4 is 28.4 Å². The summed E-state index contributed by atoms with van der Waals surface area (Å²) in [7, 11) is 3.68. The van der Waals surface area contributed by atoms with Gasteiger partial charge in [-0.1, -0.05) is 18.2 Å². The molecule has 7 nitrogen and oxygen atoms in total. The number of likely N-dealkylation sites (tertiary alicyclic amines) is 1. The van der Waals surface area contributed by atoms with E-state index in [1.54, 1.807) is 4.90 Å². The van der Waals surface area contributed by atoms with Gasteiger partial charge in [0.25, 0.3) is 0 Å². The molecule has 0 radical (unpaired) electrons. The lowest BCUT2D eigenvalue weighted by Gasteiger charge is -2.50. The van der Waals surface area contributed by atoms with Gasteiger partial charge in [-0.2, -0.15) is 4.37 Å². The molecule has 0 saturated carbocycles. The number of benzene rings is 1. The van der Waals surface area contributed by atoms with E-state index >= 15 is 0 Å². The molecule has 1 aromatic heterocycles. The highest BCUT2D eigenvalue weighted by atomic mass is 32.1. The standard InChI is InChI=1S/C24H34N6OS/c1-18-25-22(32-26-18)29-13-8-19(9-14-29)28-15-10-24(11-16-28)12-17-30(23(31)27(2)3)21-7-5-4-6-20(21)24/h4-7,19H,8-17H2,1-3H3. The SMILES string of the molecule is Cc1nsc(N2CCC(N3CCC4(CCN(C(=O)N(C)C)c5ccccc54)CC3)CC2)n1. The van der Waals surface area contributed by atoms with Gasteiger partial charge in [0.1, 0.15) is 5.82 Å². The van der Waals surface area contributed by atoms with Crippen molar-refractivity contribution in [3.05, 3.63) is 35.7 Å². The Kier molecular flexibility index (Phi) is 5.84. The molecule has 1 aromatic carbocycles. The first-order chi connectivity index (χ1) is 15.5. The fourth-order valence-electron chi connectivity index (χ4n) is 5.85. The average Bonchev–Trinajstić information content (AvgIpc) is 3.26. The van der Waals surface area contributed by atoms with E-state index < -0.39 is 0 Å². The van der Waals surface area contributed by atoms with Crippen LogP contribution < -0.4 is 9.80 Å². The molecular formula is C24H34N6OS. The number of hydrogen-bond donors (Lipinski definition) is 0. The van der Waals surface area contributed by atoms with Crippen LogP contribution >= 0.6 is 11.5 Å². The molecule has 172 valence electrons. The van der Waals surface area contributed by atoms with Crippen LogP contribution in [0.25, 0.3) is 0 Å². The number of nitrogens with zero attached hydrogens (tertiary/aromatic N) is 6. The third-order valence-electron chi connectivity index (χ3n) is 7.72. The normalized spacial score (nSPS) is 21.6. The molecule has 3 aliphatic rings. The summed E-state index contributed by atoms with van der Waals surface area (Å²) in [6, 6.07) is 9.36. The topological polar surface area (TPSA) is 55.8 Å². The summed E-state index contributed by atoms with van der Waals surface area (Å²) in [4.78, 5) is 26.1. The molecule has 1 spiro atoms. The fraction of sp³-hybridized carbons (Fsp3) is 0.625. The number of rotatable bonds is 2. The lowest BCUT2D eigenvalue weighted by atomic mass is 9.67. The molecule has 2 fully saturated rings. The number of amides is 2. The quantitative estimate of drug-likeness (QED) is 0.692. The van der Waals surface area contributed by atoms with E-state index in [1.165, 1.54) is 42.8 Å². The number of piperidine rings is 2. The number of fused-ring (bicyclic) bond motifs is 2. The van der Waals surface area contributed by atoms with E-state index in [2.05, 4.69) is 43.4 Å². The second kappa shape index (κ2) is 8.63. The fourth-order valence-corrected chi connectivity index (χ4v) is 6.58. The van der Waals surface area contributed by atoms with Gasteiger partial charge in [-0.3, -0.25) is 4.90 Å². The number of carbonyl (C=O) groups is 1. The number of anilines is 2. The van der Waals surface area contributed by atoms with Gasteiger partial charge in [0.2, 0.25) is 5.13 Å². The van der Waals surface area contributed by atoms with E-state index in [4.69, 9.17) is 0 Å². The van der Waals surface area contributed by atoms with Crippen molar-refractivity contribution in [2.75, 3.05) is 56.6 Å². The molecule has 2 saturated heterocycles. The molecule has 4 heterocycles. The Morgan fingerprint density at radius 2 is 1.75 bits per heavy atom. The van der Waals surface area contributed by atoms with Gasteiger partial charge in [-0.15, -0.1) is 0 Å². The number of hydrogen-bond acceptors (Lipinski definition) is 6. The third-order valence-corrected chi connectivity index (χ3v) is 8.59. The van der Waals surface area contributed by atoms with Crippen LogP contribution in [0.1, 0.15) is 43.5 Å². The van der Waals surface area contributed by atoms with Crippen molar-refractivity contribution < 1.29 is 4.79 Å². The first-order valence-corrected chi connectivity index (χ1v) is 12.6. The van der Waals surface area contributed by atoms with Gasteiger partial charge in [-0.25, -0.2) is 9.78 Å². The highest BCUT2D eigenvalue weighted by Crippen LogP contribution is 2.47. The van der Waals surface area contributed by atoms with Crippen LogP contribution in [0.2, 0.25) is 0 Å². The Balaban J connectivity index is 1.24. The number of aromatic nitrogens is 2.